The molecule has 3 rings (SSSR count). The van der Waals surface area contributed by atoms with Crippen molar-refractivity contribution >= 4 is 29.0 Å². The summed E-state index contributed by atoms with van der Waals surface area (Å²) < 4.78 is 0. The summed E-state index contributed by atoms with van der Waals surface area (Å²) >= 11 is 12.3. The number of benzene rings is 1. The molecule has 0 atom stereocenters. The lowest BCUT2D eigenvalue weighted by molar-refractivity contribution is 0.362. The van der Waals surface area contributed by atoms with E-state index in [-0.39, 0.29) is 5.54 Å². The molecule has 1 aliphatic heterocycles. The standard InChI is InChI=1S/C15H16Cl2N4/c1-9-14(10-4-3-5-11(16)13(10)17)19-6-12(20-9)21-7-15(2,18)8-21/h3-6H,7-8,18H2,1-2H3. The number of aromatic nitrogens is 2. The maximum absolute atomic E-state index is 6.25. The number of anilines is 1. The SMILES string of the molecule is Cc1nc(N2CC(C)(N)C2)cnc1-c1cccc(Cl)c1Cl. The van der Waals surface area contributed by atoms with Gasteiger partial charge >= 0.3 is 0 Å². The Labute approximate surface area is 133 Å². The van der Waals surface area contributed by atoms with Gasteiger partial charge in [-0.15, -0.1) is 0 Å². The van der Waals surface area contributed by atoms with E-state index in [1.807, 2.05) is 26.0 Å². The van der Waals surface area contributed by atoms with Crippen molar-refractivity contribution in [3.05, 3.63) is 40.1 Å². The zero-order chi connectivity index (χ0) is 15.2. The van der Waals surface area contributed by atoms with E-state index in [0.717, 1.165) is 35.9 Å². The maximum atomic E-state index is 6.25. The predicted molar refractivity (Wildman–Crippen MR) is 87.0 cm³/mol. The van der Waals surface area contributed by atoms with Crippen LogP contribution in [0.25, 0.3) is 11.3 Å². The van der Waals surface area contributed by atoms with E-state index in [2.05, 4.69) is 14.9 Å². The highest BCUT2D eigenvalue weighted by Gasteiger charge is 2.35. The van der Waals surface area contributed by atoms with Gasteiger partial charge in [-0.25, -0.2) is 4.98 Å². The highest BCUT2D eigenvalue weighted by atomic mass is 35.5. The Morgan fingerprint density at radius 1 is 1.29 bits per heavy atom. The predicted octanol–water partition coefficient (Wildman–Crippen LogP) is 3.30. The maximum Gasteiger partial charge on any atom is 0.147 e. The summed E-state index contributed by atoms with van der Waals surface area (Å²) in [5.74, 6) is 0.845. The first kappa shape index (κ1) is 14.6. The summed E-state index contributed by atoms with van der Waals surface area (Å²) in [6.45, 7) is 5.53. The second kappa shape index (κ2) is 5.13. The fourth-order valence-electron chi connectivity index (χ4n) is 2.56. The van der Waals surface area contributed by atoms with E-state index in [0.29, 0.717) is 10.0 Å². The third kappa shape index (κ3) is 2.71. The number of nitrogens with zero attached hydrogens (tertiary/aromatic N) is 3. The van der Waals surface area contributed by atoms with Crippen LogP contribution in [-0.2, 0) is 0 Å². The lowest BCUT2D eigenvalue weighted by atomic mass is 9.94. The van der Waals surface area contributed by atoms with Crippen LogP contribution < -0.4 is 10.6 Å². The van der Waals surface area contributed by atoms with E-state index in [9.17, 15) is 0 Å². The molecule has 2 N–H and O–H groups in total. The summed E-state index contributed by atoms with van der Waals surface area (Å²) in [5, 5.41) is 1.02. The van der Waals surface area contributed by atoms with Gasteiger partial charge in [0.15, 0.2) is 0 Å². The Morgan fingerprint density at radius 3 is 2.62 bits per heavy atom. The Balaban J connectivity index is 1.94. The Hall–Kier alpha value is -1.36. The van der Waals surface area contributed by atoms with E-state index in [1.165, 1.54) is 0 Å². The van der Waals surface area contributed by atoms with Crippen molar-refractivity contribution < 1.29 is 0 Å². The Morgan fingerprint density at radius 2 is 2.00 bits per heavy atom. The van der Waals surface area contributed by atoms with Crippen LogP contribution in [0.2, 0.25) is 10.0 Å². The molecule has 0 unspecified atom stereocenters. The number of halogens is 2. The molecule has 0 radical (unpaired) electrons. The van der Waals surface area contributed by atoms with E-state index in [4.69, 9.17) is 28.9 Å². The van der Waals surface area contributed by atoms with Gasteiger partial charge in [-0.05, 0) is 19.9 Å². The van der Waals surface area contributed by atoms with Crippen LogP contribution in [0.15, 0.2) is 24.4 Å². The van der Waals surface area contributed by atoms with Gasteiger partial charge in [0.2, 0.25) is 0 Å². The summed E-state index contributed by atoms with van der Waals surface area (Å²) in [5.41, 5.74) is 8.26. The van der Waals surface area contributed by atoms with Crippen molar-refractivity contribution in [3.63, 3.8) is 0 Å². The third-order valence-corrected chi connectivity index (χ3v) is 4.39. The van der Waals surface area contributed by atoms with Crippen molar-refractivity contribution in [1.82, 2.24) is 9.97 Å². The van der Waals surface area contributed by atoms with Crippen molar-refractivity contribution in [2.24, 2.45) is 5.73 Å². The molecule has 1 saturated heterocycles. The van der Waals surface area contributed by atoms with Crippen molar-refractivity contribution in [2.45, 2.75) is 19.4 Å². The van der Waals surface area contributed by atoms with Gasteiger partial charge < -0.3 is 10.6 Å². The molecule has 0 bridgehead atoms. The number of hydrogen-bond donors (Lipinski definition) is 1. The van der Waals surface area contributed by atoms with Crippen LogP contribution in [-0.4, -0.2) is 28.6 Å². The minimum Gasteiger partial charge on any atom is -0.352 e. The quantitative estimate of drug-likeness (QED) is 0.921. The van der Waals surface area contributed by atoms with Crippen LogP contribution >= 0.6 is 23.2 Å². The monoisotopic (exact) mass is 322 g/mol. The first-order valence-corrected chi connectivity index (χ1v) is 7.45. The summed E-state index contributed by atoms with van der Waals surface area (Å²) in [6.07, 6.45) is 1.76. The molecule has 4 nitrogen and oxygen atoms in total. The Bertz CT molecular complexity index is 692. The lowest BCUT2D eigenvalue weighted by Crippen LogP contribution is -2.65. The normalized spacial score (nSPS) is 16.7. The molecule has 1 aliphatic rings. The van der Waals surface area contributed by atoms with Gasteiger partial charge in [0.1, 0.15) is 5.82 Å². The fraction of sp³-hybridized carbons (Fsp3) is 0.333. The zero-order valence-electron chi connectivity index (χ0n) is 11.9. The highest BCUT2D eigenvalue weighted by molar-refractivity contribution is 6.43. The van der Waals surface area contributed by atoms with Gasteiger partial charge in [-0.2, -0.15) is 0 Å². The first-order valence-electron chi connectivity index (χ1n) is 6.69. The molecule has 0 amide bonds. The topological polar surface area (TPSA) is 55.0 Å². The fourth-order valence-corrected chi connectivity index (χ4v) is 2.95. The molecule has 2 aromatic rings. The van der Waals surface area contributed by atoms with Crippen molar-refractivity contribution in [3.8, 4) is 11.3 Å². The average molecular weight is 323 g/mol. The summed E-state index contributed by atoms with van der Waals surface area (Å²) in [6, 6.07) is 5.51. The van der Waals surface area contributed by atoms with E-state index in [1.54, 1.807) is 12.3 Å². The van der Waals surface area contributed by atoms with Crippen molar-refractivity contribution in [1.29, 1.82) is 0 Å². The molecular formula is C15H16Cl2N4. The molecule has 0 aliphatic carbocycles. The van der Waals surface area contributed by atoms with Crippen molar-refractivity contribution in [2.75, 3.05) is 18.0 Å². The van der Waals surface area contributed by atoms with Crippen LogP contribution in [0, 0.1) is 6.92 Å². The highest BCUT2D eigenvalue weighted by Crippen LogP contribution is 2.34. The molecule has 6 heteroatoms. The smallest absolute Gasteiger partial charge is 0.147 e. The van der Waals surface area contributed by atoms with Gasteiger partial charge in [0, 0.05) is 24.2 Å². The van der Waals surface area contributed by atoms with Crippen LogP contribution in [0.5, 0.6) is 0 Å². The molecule has 0 spiro atoms. The van der Waals surface area contributed by atoms with Crippen LogP contribution in [0.1, 0.15) is 12.6 Å². The molecule has 1 fully saturated rings. The molecule has 110 valence electrons. The number of rotatable bonds is 2. The molecule has 2 heterocycles. The average Bonchev–Trinajstić information content (AvgIpc) is 2.39. The third-order valence-electron chi connectivity index (χ3n) is 3.57. The first-order chi connectivity index (χ1) is 9.87. The molecule has 1 aromatic heterocycles. The summed E-state index contributed by atoms with van der Waals surface area (Å²) in [7, 11) is 0. The minimum atomic E-state index is -0.134. The van der Waals surface area contributed by atoms with Crippen LogP contribution in [0.4, 0.5) is 5.82 Å². The molecular weight excluding hydrogens is 307 g/mol. The second-order valence-electron chi connectivity index (χ2n) is 5.77. The summed E-state index contributed by atoms with van der Waals surface area (Å²) in [4.78, 5) is 11.2. The number of nitrogens with two attached hydrogens (primary N) is 1. The second-order valence-corrected chi connectivity index (χ2v) is 6.56. The van der Waals surface area contributed by atoms with E-state index < -0.39 is 0 Å². The van der Waals surface area contributed by atoms with Gasteiger partial charge in [0.25, 0.3) is 0 Å². The lowest BCUT2D eigenvalue weighted by Gasteiger charge is -2.46. The largest absolute Gasteiger partial charge is 0.352 e. The van der Waals surface area contributed by atoms with E-state index >= 15 is 0 Å². The minimum absolute atomic E-state index is 0.134. The van der Waals surface area contributed by atoms with Gasteiger partial charge in [0.05, 0.1) is 27.6 Å². The van der Waals surface area contributed by atoms with Crippen LogP contribution in [0.3, 0.4) is 0 Å². The molecule has 21 heavy (non-hydrogen) atoms. The zero-order valence-corrected chi connectivity index (χ0v) is 13.4. The number of hydrogen-bond acceptors (Lipinski definition) is 4. The van der Waals surface area contributed by atoms with Gasteiger partial charge in [-0.1, -0.05) is 35.3 Å². The Kier molecular flexibility index (Phi) is 3.56. The van der Waals surface area contributed by atoms with Gasteiger partial charge in [-0.3, -0.25) is 4.98 Å². The number of aryl methyl sites for hydroxylation is 1. The molecule has 1 aromatic carbocycles. The molecule has 0 saturated carbocycles.